The average molecular weight is 203 g/mol. The Morgan fingerprint density at radius 3 is 2.93 bits per heavy atom. The van der Waals surface area contributed by atoms with Gasteiger partial charge >= 0.3 is 0 Å². The molecule has 1 aliphatic heterocycles. The van der Waals surface area contributed by atoms with E-state index in [1.807, 2.05) is 12.1 Å². The van der Waals surface area contributed by atoms with Crippen LogP contribution in [0.15, 0.2) is 12.4 Å². The molecule has 15 heavy (non-hydrogen) atoms. The summed E-state index contributed by atoms with van der Waals surface area (Å²) in [5, 5.41) is 11.4. The molecule has 0 aromatic carbocycles. The van der Waals surface area contributed by atoms with Crippen molar-refractivity contribution < 1.29 is 0 Å². The first kappa shape index (κ1) is 9.71. The van der Waals surface area contributed by atoms with Gasteiger partial charge in [0.15, 0.2) is 0 Å². The van der Waals surface area contributed by atoms with E-state index in [1.165, 1.54) is 19.2 Å². The Morgan fingerprint density at radius 1 is 1.40 bits per heavy atom. The van der Waals surface area contributed by atoms with Crippen LogP contribution in [0.1, 0.15) is 12.8 Å². The van der Waals surface area contributed by atoms with Gasteiger partial charge in [0.2, 0.25) is 0 Å². The van der Waals surface area contributed by atoms with E-state index in [0.29, 0.717) is 5.82 Å². The average Bonchev–Trinajstić information content (AvgIpc) is 2.80. The zero-order valence-electron chi connectivity index (χ0n) is 8.48. The highest BCUT2D eigenvalue weighted by Crippen LogP contribution is 2.18. The third kappa shape index (κ3) is 2.34. The first-order valence-corrected chi connectivity index (χ1v) is 5.08. The summed E-state index contributed by atoms with van der Waals surface area (Å²) in [6, 6.07) is 3.91. The molecular weight excluding hydrogens is 190 g/mol. The third-order valence-electron chi connectivity index (χ3n) is 2.43. The SMILES string of the molecule is N#CCNc1cc(N2CCCC2)ncn1. The maximum Gasteiger partial charge on any atom is 0.134 e. The second-order valence-corrected chi connectivity index (χ2v) is 3.47. The van der Waals surface area contributed by atoms with Crippen molar-refractivity contribution in [3.05, 3.63) is 12.4 Å². The zero-order chi connectivity index (χ0) is 10.5. The lowest BCUT2D eigenvalue weighted by Crippen LogP contribution is -2.19. The van der Waals surface area contributed by atoms with Gasteiger partial charge in [0.25, 0.3) is 0 Å². The van der Waals surface area contributed by atoms with Gasteiger partial charge in [-0.3, -0.25) is 0 Å². The molecule has 0 aliphatic carbocycles. The largest absolute Gasteiger partial charge is 0.357 e. The molecule has 0 amide bonds. The Kier molecular flexibility index (Phi) is 2.98. The number of nitrogens with zero attached hydrogens (tertiary/aromatic N) is 4. The van der Waals surface area contributed by atoms with Crippen LogP contribution in [0, 0.1) is 11.3 Å². The van der Waals surface area contributed by atoms with Crippen molar-refractivity contribution in [1.29, 1.82) is 5.26 Å². The van der Waals surface area contributed by atoms with Crippen LogP contribution in [0.2, 0.25) is 0 Å². The highest BCUT2D eigenvalue weighted by Gasteiger charge is 2.13. The second kappa shape index (κ2) is 4.60. The molecule has 0 unspecified atom stereocenters. The number of anilines is 2. The molecule has 1 aromatic heterocycles. The minimum Gasteiger partial charge on any atom is -0.357 e. The van der Waals surface area contributed by atoms with Crippen molar-refractivity contribution in [2.45, 2.75) is 12.8 Å². The summed E-state index contributed by atoms with van der Waals surface area (Å²) in [5.41, 5.74) is 0. The molecule has 78 valence electrons. The van der Waals surface area contributed by atoms with Crippen molar-refractivity contribution in [3.8, 4) is 6.07 Å². The molecule has 0 saturated carbocycles. The number of hydrogen-bond donors (Lipinski definition) is 1. The molecule has 0 spiro atoms. The van der Waals surface area contributed by atoms with E-state index < -0.39 is 0 Å². The molecule has 1 N–H and O–H groups in total. The van der Waals surface area contributed by atoms with Gasteiger partial charge in [0.05, 0.1) is 6.07 Å². The van der Waals surface area contributed by atoms with Crippen molar-refractivity contribution >= 4 is 11.6 Å². The number of hydrogen-bond acceptors (Lipinski definition) is 5. The van der Waals surface area contributed by atoms with Gasteiger partial charge in [0.1, 0.15) is 24.5 Å². The molecule has 1 saturated heterocycles. The van der Waals surface area contributed by atoms with Gasteiger partial charge in [-0.1, -0.05) is 0 Å². The van der Waals surface area contributed by atoms with E-state index in [2.05, 4.69) is 20.2 Å². The number of nitriles is 1. The predicted octanol–water partition coefficient (Wildman–Crippen LogP) is 1.01. The lowest BCUT2D eigenvalue weighted by Gasteiger charge is -2.16. The zero-order valence-corrected chi connectivity index (χ0v) is 8.48. The monoisotopic (exact) mass is 203 g/mol. The van der Waals surface area contributed by atoms with Crippen molar-refractivity contribution in [2.75, 3.05) is 29.9 Å². The topological polar surface area (TPSA) is 64.8 Å². The maximum absolute atomic E-state index is 8.44. The summed E-state index contributed by atoms with van der Waals surface area (Å²) in [6.45, 7) is 2.40. The standard InChI is InChI=1S/C10H13N5/c11-3-4-12-9-7-10(14-8-13-9)15-5-1-2-6-15/h7-8H,1-2,4-6H2,(H,12,13,14). The van der Waals surface area contributed by atoms with E-state index in [-0.39, 0.29) is 6.54 Å². The van der Waals surface area contributed by atoms with E-state index in [9.17, 15) is 0 Å². The highest BCUT2D eigenvalue weighted by atomic mass is 15.2. The lowest BCUT2D eigenvalue weighted by atomic mass is 10.4. The Morgan fingerprint density at radius 2 is 2.20 bits per heavy atom. The fourth-order valence-electron chi connectivity index (χ4n) is 1.69. The van der Waals surface area contributed by atoms with Crippen molar-refractivity contribution in [1.82, 2.24) is 9.97 Å². The van der Waals surface area contributed by atoms with Crippen LogP contribution in [0.3, 0.4) is 0 Å². The van der Waals surface area contributed by atoms with Gasteiger partial charge < -0.3 is 10.2 Å². The quantitative estimate of drug-likeness (QED) is 0.743. The summed E-state index contributed by atoms with van der Waals surface area (Å²) >= 11 is 0. The van der Waals surface area contributed by atoms with Crippen molar-refractivity contribution in [3.63, 3.8) is 0 Å². The Hall–Kier alpha value is -1.83. The minimum atomic E-state index is 0.274. The summed E-state index contributed by atoms with van der Waals surface area (Å²) in [4.78, 5) is 10.5. The Bertz CT molecular complexity index is 364. The lowest BCUT2D eigenvalue weighted by molar-refractivity contribution is 0.927. The molecule has 2 rings (SSSR count). The van der Waals surface area contributed by atoms with Crippen LogP contribution in [0.25, 0.3) is 0 Å². The fraction of sp³-hybridized carbons (Fsp3) is 0.500. The van der Waals surface area contributed by atoms with E-state index >= 15 is 0 Å². The summed E-state index contributed by atoms with van der Waals surface area (Å²) in [5.74, 6) is 1.66. The molecule has 0 radical (unpaired) electrons. The number of aromatic nitrogens is 2. The van der Waals surface area contributed by atoms with Crippen LogP contribution in [0.5, 0.6) is 0 Å². The molecule has 0 bridgehead atoms. The molecule has 1 fully saturated rings. The third-order valence-corrected chi connectivity index (χ3v) is 2.43. The predicted molar refractivity (Wildman–Crippen MR) is 57.6 cm³/mol. The van der Waals surface area contributed by atoms with Crippen LogP contribution in [-0.4, -0.2) is 29.6 Å². The van der Waals surface area contributed by atoms with Gasteiger partial charge in [-0.05, 0) is 12.8 Å². The first-order valence-electron chi connectivity index (χ1n) is 5.08. The number of nitrogens with one attached hydrogen (secondary N) is 1. The highest BCUT2D eigenvalue weighted by molar-refractivity contribution is 5.49. The van der Waals surface area contributed by atoms with E-state index in [0.717, 1.165) is 18.9 Å². The van der Waals surface area contributed by atoms with Crippen molar-refractivity contribution in [2.24, 2.45) is 0 Å². The van der Waals surface area contributed by atoms with E-state index in [1.54, 1.807) is 0 Å². The number of rotatable bonds is 3. The van der Waals surface area contributed by atoms with Gasteiger partial charge in [-0.2, -0.15) is 5.26 Å². The smallest absolute Gasteiger partial charge is 0.134 e. The molecular formula is C10H13N5. The first-order chi connectivity index (χ1) is 7.40. The molecule has 1 aliphatic rings. The van der Waals surface area contributed by atoms with Gasteiger partial charge in [0, 0.05) is 19.2 Å². The summed E-state index contributed by atoms with van der Waals surface area (Å²) < 4.78 is 0. The van der Waals surface area contributed by atoms with Crippen LogP contribution >= 0.6 is 0 Å². The van der Waals surface area contributed by atoms with Gasteiger partial charge in [-0.25, -0.2) is 9.97 Å². The molecule has 5 heteroatoms. The maximum atomic E-state index is 8.44. The molecule has 1 aromatic rings. The van der Waals surface area contributed by atoms with Gasteiger partial charge in [-0.15, -0.1) is 0 Å². The Labute approximate surface area is 88.8 Å². The van der Waals surface area contributed by atoms with Crippen LogP contribution in [0.4, 0.5) is 11.6 Å². The van der Waals surface area contributed by atoms with Crippen LogP contribution in [-0.2, 0) is 0 Å². The summed E-state index contributed by atoms with van der Waals surface area (Å²) in [6.07, 6.45) is 3.99. The second-order valence-electron chi connectivity index (χ2n) is 3.47. The minimum absolute atomic E-state index is 0.274. The fourth-order valence-corrected chi connectivity index (χ4v) is 1.69. The molecule has 5 nitrogen and oxygen atoms in total. The molecule has 2 heterocycles. The Balaban J connectivity index is 2.08. The summed E-state index contributed by atoms with van der Waals surface area (Å²) in [7, 11) is 0. The molecule has 0 atom stereocenters. The normalized spacial score (nSPS) is 15.0. The van der Waals surface area contributed by atoms with Crippen LogP contribution < -0.4 is 10.2 Å². The van der Waals surface area contributed by atoms with E-state index in [4.69, 9.17) is 5.26 Å².